The fourth-order valence-electron chi connectivity index (χ4n) is 3.22. The summed E-state index contributed by atoms with van der Waals surface area (Å²) in [5.74, 6) is -0.253. The van der Waals surface area contributed by atoms with Crippen LogP contribution in [0, 0.1) is 13.8 Å². The minimum atomic E-state index is -4.07. The van der Waals surface area contributed by atoms with E-state index in [9.17, 15) is 13.2 Å². The maximum Gasteiger partial charge on any atom is 0.264 e. The Bertz CT molecular complexity index is 1320. The van der Waals surface area contributed by atoms with Crippen molar-refractivity contribution >= 4 is 43.3 Å². The fourth-order valence-corrected chi connectivity index (χ4v) is 5.04. The van der Waals surface area contributed by atoms with E-state index in [0.29, 0.717) is 11.5 Å². The molecule has 3 aromatic carbocycles. The topological polar surface area (TPSA) is 88.1 Å². The van der Waals surface area contributed by atoms with Crippen LogP contribution in [0.15, 0.2) is 81.2 Å². The lowest BCUT2D eigenvalue weighted by atomic mass is 10.1. The molecule has 0 unspecified atom stereocenters. The molecule has 178 valence electrons. The summed E-state index contributed by atoms with van der Waals surface area (Å²) in [5.41, 5.74) is 5.89. The van der Waals surface area contributed by atoms with Crippen LogP contribution >= 0.6 is 15.9 Å². The molecule has 0 bridgehead atoms. The van der Waals surface area contributed by atoms with Gasteiger partial charge in [0.15, 0.2) is 0 Å². The minimum Gasteiger partial charge on any atom is -0.495 e. The third-order valence-corrected chi connectivity index (χ3v) is 7.36. The van der Waals surface area contributed by atoms with Gasteiger partial charge in [0.05, 0.1) is 23.4 Å². The van der Waals surface area contributed by atoms with Crippen molar-refractivity contribution in [3.63, 3.8) is 0 Å². The Morgan fingerprint density at radius 1 is 1.03 bits per heavy atom. The largest absolute Gasteiger partial charge is 0.495 e. The van der Waals surface area contributed by atoms with Gasteiger partial charge in [0, 0.05) is 4.47 Å². The fraction of sp³-hybridized carbons (Fsp3) is 0.200. The number of hydrazone groups is 1. The van der Waals surface area contributed by atoms with Crippen molar-refractivity contribution in [3.8, 4) is 5.75 Å². The number of hydrogen-bond acceptors (Lipinski definition) is 5. The van der Waals surface area contributed by atoms with E-state index in [1.54, 1.807) is 31.2 Å². The number of amides is 1. The molecule has 9 heteroatoms. The first-order valence-electron chi connectivity index (χ1n) is 10.4. The summed E-state index contributed by atoms with van der Waals surface area (Å²) in [5, 5.41) is 4.15. The minimum absolute atomic E-state index is 0.0725. The molecule has 0 atom stereocenters. The van der Waals surface area contributed by atoms with E-state index in [-0.39, 0.29) is 10.6 Å². The predicted molar refractivity (Wildman–Crippen MR) is 138 cm³/mol. The lowest BCUT2D eigenvalue weighted by Gasteiger charge is -2.25. The van der Waals surface area contributed by atoms with Gasteiger partial charge in [-0.1, -0.05) is 51.8 Å². The first kappa shape index (κ1) is 25.5. The predicted octanol–water partition coefficient (Wildman–Crippen LogP) is 4.81. The van der Waals surface area contributed by atoms with E-state index in [1.165, 1.54) is 19.2 Å². The molecule has 0 spiro atoms. The third kappa shape index (κ3) is 6.03. The molecular weight excluding hydrogens is 518 g/mol. The number of nitrogens with one attached hydrogen (secondary N) is 1. The number of hydrogen-bond donors (Lipinski definition) is 1. The second kappa shape index (κ2) is 10.8. The Labute approximate surface area is 208 Å². The van der Waals surface area contributed by atoms with E-state index in [1.807, 2.05) is 44.2 Å². The maximum absolute atomic E-state index is 13.6. The Balaban J connectivity index is 1.96. The SMILES string of the molecule is COc1ccc(C)cc1N(CC(=O)N/N=C(/C)c1cccc(Br)c1)S(=O)(=O)c1ccc(C)cc1. The number of halogens is 1. The van der Waals surface area contributed by atoms with Crippen LogP contribution < -0.4 is 14.5 Å². The number of carbonyl (C=O) groups is 1. The first-order chi connectivity index (χ1) is 16.1. The van der Waals surface area contributed by atoms with Gasteiger partial charge in [-0.25, -0.2) is 13.8 Å². The number of rotatable bonds is 8. The summed E-state index contributed by atoms with van der Waals surface area (Å²) >= 11 is 3.41. The van der Waals surface area contributed by atoms with Crippen molar-refractivity contribution < 1.29 is 17.9 Å². The van der Waals surface area contributed by atoms with E-state index in [0.717, 1.165) is 25.5 Å². The van der Waals surface area contributed by atoms with Gasteiger partial charge in [0.2, 0.25) is 0 Å². The second-order valence-corrected chi connectivity index (χ2v) is 10.5. The van der Waals surface area contributed by atoms with Crippen LogP contribution in [0.5, 0.6) is 5.75 Å². The molecule has 0 saturated heterocycles. The van der Waals surface area contributed by atoms with E-state index in [2.05, 4.69) is 26.5 Å². The van der Waals surface area contributed by atoms with Gasteiger partial charge < -0.3 is 4.74 Å². The van der Waals surface area contributed by atoms with Gasteiger partial charge in [-0.05, 0) is 68.3 Å². The van der Waals surface area contributed by atoms with Crippen LogP contribution in [0.3, 0.4) is 0 Å². The Morgan fingerprint density at radius 2 is 1.71 bits per heavy atom. The van der Waals surface area contributed by atoms with Crippen molar-refractivity contribution in [2.45, 2.75) is 25.7 Å². The van der Waals surface area contributed by atoms with Crippen molar-refractivity contribution in [1.29, 1.82) is 0 Å². The molecule has 0 radical (unpaired) electrons. The van der Waals surface area contributed by atoms with Gasteiger partial charge in [-0.3, -0.25) is 9.10 Å². The van der Waals surface area contributed by atoms with Gasteiger partial charge in [-0.15, -0.1) is 0 Å². The molecule has 3 aromatic rings. The van der Waals surface area contributed by atoms with E-state index < -0.39 is 22.5 Å². The number of sulfonamides is 1. The quantitative estimate of drug-likeness (QED) is 0.326. The number of aryl methyl sites for hydroxylation is 2. The third-order valence-electron chi connectivity index (χ3n) is 5.09. The number of nitrogens with zero attached hydrogens (tertiary/aromatic N) is 2. The Kier molecular flexibility index (Phi) is 8.11. The van der Waals surface area contributed by atoms with Crippen LogP contribution in [-0.4, -0.2) is 33.7 Å². The second-order valence-electron chi connectivity index (χ2n) is 7.74. The molecule has 3 rings (SSSR count). The molecule has 1 amide bonds. The van der Waals surface area contributed by atoms with Gasteiger partial charge in [-0.2, -0.15) is 5.10 Å². The molecule has 1 N–H and O–H groups in total. The highest BCUT2D eigenvalue weighted by Crippen LogP contribution is 2.33. The summed E-state index contributed by atoms with van der Waals surface area (Å²) in [6, 6.07) is 19.1. The number of ether oxygens (including phenoxy) is 1. The molecule has 0 fully saturated rings. The maximum atomic E-state index is 13.6. The number of anilines is 1. The van der Waals surface area contributed by atoms with Crippen LogP contribution in [0.4, 0.5) is 5.69 Å². The summed E-state index contributed by atoms with van der Waals surface area (Å²) in [4.78, 5) is 12.9. The molecule has 0 aliphatic rings. The number of benzene rings is 3. The van der Waals surface area contributed by atoms with Crippen LogP contribution in [-0.2, 0) is 14.8 Å². The summed E-state index contributed by atoms with van der Waals surface area (Å²) in [6.07, 6.45) is 0. The standard InChI is InChI=1S/C25H26BrN3O4S/c1-17-8-11-22(12-9-17)34(31,32)29(23-14-18(2)10-13-24(23)33-4)16-25(30)28-27-19(3)20-6-5-7-21(26)15-20/h5-15H,16H2,1-4H3,(H,28,30)/b27-19-. The highest BCUT2D eigenvalue weighted by atomic mass is 79.9. The smallest absolute Gasteiger partial charge is 0.264 e. The summed E-state index contributed by atoms with van der Waals surface area (Å²) < 4.78 is 34.5. The summed E-state index contributed by atoms with van der Waals surface area (Å²) in [7, 11) is -2.62. The van der Waals surface area contributed by atoms with Crippen molar-refractivity contribution in [2.24, 2.45) is 5.10 Å². The van der Waals surface area contributed by atoms with E-state index in [4.69, 9.17) is 4.74 Å². The van der Waals surface area contributed by atoms with Crippen LogP contribution in [0.1, 0.15) is 23.6 Å². The van der Waals surface area contributed by atoms with Crippen LogP contribution in [0.25, 0.3) is 0 Å². The van der Waals surface area contributed by atoms with Gasteiger partial charge in [0.25, 0.3) is 15.9 Å². The molecule has 0 aliphatic heterocycles. The lowest BCUT2D eigenvalue weighted by Crippen LogP contribution is -2.40. The molecule has 0 aromatic heterocycles. The highest BCUT2D eigenvalue weighted by Gasteiger charge is 2.29. The monoisotopic (exact) mass is 543 g/mol. The highest BCUT2D eigenvalue weighted by molar-refractivity contribution is 9.10. The number of carbonyl (C=O) groups excluding carboxylic acids is 1. The van der Waals surface area contributed by atoms with Crippen LogP contribution in [0.2, 0.25) is 0 Å². The van der Waals surface area contributed by atoms with Crippen molar-refractivity contribution in [3.05, 3.63) is 87.9 Å². The van der Waals surface area contributed by atoms with Gasteiger partial charge in [0.1, 0.15) is 12.3 Å². The molecule has 0 heterocycles. The zero-order valence-corrected chi connectivity index (χ0v) is 21.8. The van der Waals surface area contributed by atoms with E-state index >= 15 is 0 Å². The van der Waals surface area contributed by atoms with Crippen molar-refractivity contribution in [2.75, 3.05) is 18.0 Å². The zero-order valence-electron chi connectivity index (χ0n) is 19.4. The molecular formula is C25H26BrN3O4S. The first-order valence-corrected chi connectivity index (χ1v) is 12.7. The average Bonchev–Trinajstić information content (AvgIpc) is 2.81. The molecule has 34 heavy (non-hydrogen) atoms. The number of methoxy groups -OCH3 is 1. The molecule has 0 saturated carbocycles. The Morgan fingerprint density at radius 3 is 2.35 bits per heavy atom. The molecule has 7 nitrogen and oxygen atoms in total. The lowest BCUT2D eigenvalue weighted by molar-refractivity contribution is -0.119. The zero-order chi connectivity index (χ0) is 24.9. The van der Waals surface area contributed by atoms with Crippen molar-refractivity contribution in [1.82, 2.24) is 5.43 Å². The Hall–Kier alpha value is -3.17. The summed E-state index contributed by atoms with van der Waals surface area (Å²) in [6.45, 7) is 4.99. The average molecular weight is 544 g/mol. The normalized spacial score (nSPS) is 11.7. The molecule has 0 aliphatic carbocycles. The van der Waals surface area contributed by atoms with Gasteiger partial charge >= 0.3 is 0 Å².